The van der Waals surface area contributed by atoms with Gasteiger partial charge in [-0.1, -0.05) is 58.9 Å². The van der Waals surface area contributed by atoms with Crippen molar-refractivity contribution in [2.45, 2.75) is 28.0 Å². The summed E-state index contributed by atoms with van der Waals surface area (Å²) in [5.74, 6) is -0.334. The zero-order valence-corrected chi connectivity index (χ0v) is 23.4. The number of benzene rings is 4. The van der Waals surface area contributed by atoms with Crippen molar-refractivity contribution in [1.29, 1.82) is 0 Å². The van der Waals surface area contributed by atoms with Crippen LogP contribution in [-0.2, 0) is 9.63 Å². The van der Waals surface area contributed by atoms with Crippen molar-refractivity contribution in [2.24, 2.45) is 5.16 Å². The van der Waals surface area contributed by atoms with E-state index in [-0.39, 0.29) is 17.3 Å². The molecule has 196 valence electrons. The predicted molar refractivity (Wildman–Crippen MR) is 157 cm³/mol. The Morgan fingerprint density at radius 1 is 0.718 bits per heavy atom. The Balaban J connectivity index is 1.39. The van der Waals surface area contributed by atoms with Gasteiger partial charge in [-0.05, 0) is 72.8 Å². The molecule has 0 fully saturated rings. The van der Waals surface area contributed by atoms with Crippen molar-refractivity contribution in [1.82, 2.24) is 0 Å². The van der Waals surface area contributed by atoms with Gasteiger partial charge in [0, 0.05) is 55.5 Å². The number of oxime groups is 1. The second kappa shape index (κ2) is 13.9. The molecule has 0 radical (unpaired) electrons. The summed E-state index contributed by atoms with van der Waals surface area (Å²) in [6, 6.07) is 31.2. The van der Waals surface area contributed by atoms with Crippen molar-refractivity contribution < 1.29 is 19.2 Å². The van der Waals surface area contributed by atoms with Crippen LogP contribution in [0.25, 0.3) is 0 Å². The SMILES string of the molecule is CC(=O)O/N=C(\CCSc1ccc(Cl)cc1)C(=O)c1ccc(Sc2ccc(C(=O)c3ccccc3)cc2)cc1. The van der Waals surface area contributed by atoms with Gasteiger partial charge in [-0.15, -0.1) is 11.8 Å². The van der Waals surface area contributed by atoms with Gasteiger partial charge in [-0.25, -0.2) is 4.79 Å². The number of hydrogen-bond donors (Lipinski definition) is 0. The van der Waals surface area contributed by atoms with Crippen LogP contribution in [-0.4, -0.2) is 29.0 Å². The maximum absolute atomic E-state index is 13.1. The second-order valence-electron chi connectivity index (χ2n) is 8.35. The van der Waals surface area contributed by atoms with Gasteiger partial charge < -0.3 is 4.84 Å². The van der Waals surface area contributed by atoms with E-state index < -0.39 is 5.97 Å². The van der Waals surface area contributed by atoms with Crippen LogP contribution in [0, 0.1) is 0 Å². The van der Waals surface area contributed by atoms with Gasteiger partial charge in [-0.2, -0.15) is 0 Å². The highest BCUT2D eigenvalue weighted by molar-refractivity contribution is 7.99. The molecule has 0 saturated carbocycles. The van der Waals surface area contributed by atoms with E-state index in [1.807, 2.05) is 66.7 Å². The fourth-order valence-corrected chi connectivity index (χ4v) is 5.33. The van der Waals surface area contributed by atoms with Crippen molar-refractivity contribution in [3.63, 3.8) is 0 Å². The molecule has 0 N–H and O–H groups in total. The summed E-state index contributed by atoms with van der Waals surface area (Å²) < 4.78 is 0. The summed E-state index contributed by atoms with van der Waals surface area (Å²) in [6.07, 6.45) is 0.323. The summed E-state index contributed by atoms with van der Waals surface area (Å²) in [7, 11) is 0. The van der Waals surface area contributed by atoms with Gasteiger partial charge in [0.2, 0.25) is 5.78 Å². The Morgan fingerprint density at radius 2 is 1.26 bits per heavy atom. The zero-order chi connectivity index (χ0) is 27.6. The molecule has 0 saturated heterocycles. The molecule has 0 aromatic heterocycles. The number of ketones is 2. The third-order valence-corrected chi connectivity index (χ3v) is 7.75. The highest BCUT2D eigenvalue weighted by Crippen LogP contribution is 2.29. The molecule has 39 heavy (non-hydrogen) atoms. The molecular weight excluding hydrogens is 550 g/mol. The van der Waals surface area contributed by atoms with E-state index in [1.165, 1.54) is 18.7 Å². The molecule has 0 spiro atoms. The number of thioether (sulfide) groups is 1. The molecule has 0 aliphatic carbocycles. The van der Waals surface area contributed by atoms with E-state index in [9.17, 15) is 14.4 Å². The summed E-state index contributed by atoms with van der Waals surface area (Å²) in [5, 5.41) is 4.49. The smallest absolute Gasteiger partial charge is 0.318 e. The molecule has 8 heteroatoms. The Labute approximate surface area is 240 Å². The number of carbonyl (C=O) groups excluding carboxylic acids is 3. The highest BCUT2D eigenvalue weighted by atomic mass is 35.5. The first kappa shape index (κ1) is 28.4. The van der Waals surface area contributed by atoms with Gasteiger partial charge in [0.1, 0.15) is 5.71 Å². The second-order valence-corrected chi connectivity index (χ2v) is 11.1. The standard InChI is InChI=1S/C31H24ClNO4S2/c1-21(34)37-33-29(19-20-38-26-17-11-25(32)12-18-26)31(36)24-9-15-28(16-10-24)39-27-13-7-23(8-14-27)30(35)22-5-3-2-4-6-22/h2-18H,19-20H2,1H3/b33-29+. The Hall–Kier alpha value is -3.65. The maximum atomic E-state index is 13.1. The Morgan fingerprint density at radius 3 is 1.85 bits per heavy atom. The number of rotatable bonds is 11. The molecule has 5 nitrogen and oxygen atoms in total. The quantitative estimate of drug-likeness (QED) is 0.0595. The van der Waals surface area contributed by atoms with Crippen molar-refractivity contribution >= 4 is 58.4 Å². The van der Waals surface area contributed by atoms with Crippen molar-refractivity contribution in [3.05, 3.63) is 125 Å². The summed E-state index contributed by atoms with van der Waals surface area (Å²) >= 11 is 9.01. The van der Waals surface area contributed by atoms with Crippen LogP contribution in [0.15, 0.2) is 123 Å². The molecule has 0 bridgehead atoms. The van der Waals surface area contributed by atoms with Crippen LogP contribution in [0.1, 0.15) is 39.6 Å². The maximum Gasteiger partial charge on any atom is 0.331 e. The molecule has 0 unspecified atom stereocenters. The predicted octanol–water partition coefficient (Wildman–Crippen LogP) is 8.01. The number of halogens is 1. The highest BCUT2D eigenvalue weighted by Gasteiger charge is 2.16. The molecular formula is C31H24ClNO4S2. The normalized spacial score (nSPS) is 11.2. The lowest BCUT2D eigenvalue weighted by Gasteiger charge is -2.08. The molecule has 0 heterocycles. The average molecular weight is 574 g/mol. The van der Waals surface area contributed by atoms with Gasteiger partial charge in [0.25, 0.3) is 0 Å². The molecule has 4 aromatic carbocycles. The topological polar surface area (TPSA) is 72.8 Å². The lowest BCUT2D eigenvalue weighted by Crippen LogP contribution is -2.16. The van der Waals surface area contributed by atoms with Crippen molar-refractivity contribution in [3.8, 4) is 0 Å². The third-order valence-electron chi connectivity index (χ3n) is 5.47. The fraction of sp³-hybridized carbons (Fsp3) is 0.0968. The van der Waals surface area contributed by atoms with Gasteiger partial charge in [0.15, 0.2) is 5.78 Å². The number of hydrogen-bond acceptors (Lipinski definition) is 7. The first-order chi connectivity index (χ1) is 18.9. The molecule has 0 amide bonds. The van der Waals surface area contributed by atoms with Crippen LogP contribution in [0.3, 0.4) is 0 Å². The van der Waals surface area contributed by atoms with Crippen LogP contribution < -0.4 is 0 Å². The molecule has 4 rings (SSSR count). The van der Waals surface area contributed by atoms with Gasteiger partial charge in [0.05, 0.1) is 0 Å². The largest absolute Gasteiger partial charge is 0.331 e. The first-order valence-electron chi connectivity index (χ1n) is 12.0. The van der Waals surface area contributed by atoms with E-state index in [2.05, 4.69) is 5.16 Å². The third kappa shape index (κ3) is 8.42. The zero-order valence-electron chi connectivity index (χ0n) is 21.0. The lowest BCUT2D eigenvalue weighted by atomic mass is 10.0. The van der Waals surface area contributed by atoms with Crippen LogP contribution in [0.4, 0.5) is 0 Å². The van der Waals surface area contributed by atoms with Gasteiger partial charge in [-0.3, -0.25) is 9.59 Å². The minimum atomic E-state index is -0.589. The Bertz CT molecular complexity index is 1470. The fourth-order valence-electron chi connectivity index (χ4n) is 3.52. The van der Waals surface area contributed by atoms with E-state index >= 15 is 0 Å². The van der Waals surface area contributed by atoms with E-state index in [4.69, 9.17) is 16.4 Å². The number of nitrogens with zero attached hydrogens (tertiary/aromatic N) is 1. The minimum Gasteiger partial charge on any atom is -0.318 e. The molecule has 4 aromatic rings. The van der Waals surface area contributed by atoms with Crippen LogP contribution >= 0.6 is 35.1 Å². The minimum absolute atomic E-state index is 0.0206. The molecule has 0 aliphatic heterocycles. The van der Waals surface area contributed by atoms with E-state index in [0.29, 0.717) is 33.9 Å². The molecule has 0 atom stereocenters. The summed E-state index contributed by atoms with van der Waals surface area (Å²) in [6.45, 7) is 1.24. The van der Waals surface area contributed by atoms with Crippen LogP contribution in [0.5, 0.6) is 0 Å². The summed E-state index contributed by atoms with van der Waals surface area (Å²) in [5.41, 5.74) is 1.90. The number of carbonyl (C=O) groups is 3. The van der Waals surface area contributed by atoms with Crippen LogP contribution in [0.2, 0.25) is 5.02 Å². The van der Waals surface area contributed by atoms with E-state index in [1.54, 1.807) is 48.2 Å². The van der Waals surface area contributed by atoms with E-state index in [0.717, 1.165) is 14.7 Å². The summed E-state index contributed by atoms with van der Waals surface area (Å²) in [4.78, 5) is 44.8. The Kier molecular flexibility index (Phi) is 10.1. The van der Waals surface area contributed by atoms with Crippen molar-refractivity contribution in [2.75, 3.05) is 5.75 Å². The monoisotopic (exact) mass is 573 g/mol. The average Bonchev–Trinajstić information content (AvgIpc) is 2.96. The first-order valence-corrected chi connectivity index (χ1v) is 14.2. The number of Topliss-reactive ketones (excluding diaryl/α,β-unsaturated/α-hetero) is 1. The molecule has 0 aliphatic rings. The lowest BCUT2D eigenvalue weighted by molar-refractivity contribution is -0.140. The van der Waals surface area contributed by atoms with Gasteiger partial charge >= 0.3 is 5.97 Å².